The minimum Gasteiger partial charge on any atom is -0.479 e. The van der Waals surface area contributed by atoms with Crippen molar-refractivity contribution < 1.29 is 14.6 Å². The number of imidazole rings is 1. The molecule has 0 saturated heterocycles. The Morgan fingerprint density at radius 3 is 2.71 bits per heavy atom. The number of nitrogens with zero attached hydrogens (tertiary/aromatic N) is 1. The Morgan fingerprint density at radius 2 is 2.00 bits per heavy atom. The van der Waals surface area contributed by atoms with Gasteiger partial charge >= 0.3 is 5.97 Å². The second-order valence-corrected chi connectivity index (χ2v) is 4.73. The van der Waals surface area contributed by atoms with Crippen LogP contribution in [0.15, 0.2) is 48.5 Å². The highest BCUT2D eigenvalue weighted by Gasteiger charge is 2.13. The molecule has 1 unspecified atom stereocenters. The molecular formula is C16H14N2O3. The summed E-state index contributed by atoms with van der Waals surface area (Å²) in [5.41, 5.74) is 2.61. The monoisotopic (exact) mass is 282 g/mol. The van der Waals surface area contributed by atoms with Gasteiger partial charge in [0.25, 0.3) is 0 Å². The van der Waals surface area contributed by atoms with Crippen LogP contribution in [0.1, 0.15) is 6.92 Å². The van der Waals surface area contributed by atoms with Crippen molar-refractivity contribution >= 4 is 17.0 Å². The lowest BCUT2D eigenvalue weighted by Crippen LogP contribution is -2.22. The van der Waals surface area contributed by atoms with Crippen molar-refractivity contribution in [3.63, 3.8) is 0 Å². The van der Waals surface area contributed by atoms with E-state index in [4.69, 9.17) is 9.84 Å². The van der Waals surface area contributed by atoms with Crippen LogP contribution in [0.5, 0.6) is 5.75 Å². The van der Waals surface area contributed by atoms with E-state index in [0.29, 0.717) is 5.75 Å². The summed E-state index contributed by atoms with van der Waals surface area (Å²) in [6.45, 7) is 1.49. The molecule has 0 amide bonds. The average Bonchev–Trinajstić information content (AvgIpc) is 2.91. The molecule has 0 spiro atoms. The van der Waals surface area contributed by atoms with E-state index in [0.717, 1.165) is 22.4 Å². The number of nitrogens with one attached hydrogen (secondary N) is 1. The molecule has 0 aliphatic rings. The number of ether oxygens (including phenoxy) is 1. The van der Waals surface area contributed by atoms with Crippen molar-refractivity contribution in [2.45, 2.75) is 13.0 Å². The predicted octanol–water partition coefficient (Wildman–Crippen LogP) is 3.08. The molecule has 5 nitrogen and oxygen atoms in total. The number of carboxylic acids is 1. The van der Waals surface area contributed by atoms with Crippen LogP contribution in [0.2, 0.25) is 0 Å². The van der Waals surface area contributed by atoms with Gasteiger partial charge in [-0.2, -0.15) is 0 Å². The molecule has 21 heavy (non-hydrogen) atoms. The standard InChI is InChI=1S/C16H14N2O3/c1-10(16(19)20)21-12-7-8-13-14(9-12)18-15(17-13)11-5-3-2-4-6-11/h2-10H,1H3,(H,17,18)(H,19,20). The van der Waals surface area contributed by atoms with Gasteiger partial charge in [0, 0.05) is 11.6 Å². The van der Waals surface area contributed by atoms with E-state index in [1.54, 1.807) is 12.1 Å². The number of aliphatic carboxylic acids is 1. The fourth-order valence-electron chi connectivity index (χ4n) is 2.05. The van der Waals surface area contributed by atoms with Crippen molar-refractivity contribution in [2.75, 3.05) is 0 Å². The number of fused-ring (bicyclic) bond motifs is 1. The van der Waals surface area contributed by atoms with Crippen LogP contribution in [0.25, 0.3) is 22.4 Å². The molecule has 3 rings (SSSR count). The molecule has 1 atom stereocenters. The molecule has 0 radical (unpaired) electrons. The Balaban J connectivity index is 1.94. The number of carboxylic acid groups (broad SMARTS) is 1. The highest BCUT2D eigenvalue weighted by Crippen LogP contribution is 2.24. The smallest absolute Gasteiger partial charge is 0.344 e. The minimum atomic E-state index is -0.996. The maximum atomic E-state index is 10.8. The van der Waals surface area contributed by atoms with Gasteiger partial charge in [-0.15, -0.1) is 0 Å². The minimum absolute atomic E-state index is 0.501. The lowest BCUT2D eigenvalue weighted by atomic mass is 10.2. The van der Waals surface area contributed by atoms with E-state index in [2.05, 4.69) is 9.97 Å². The van der Waals surface area contributed by atoms with Crippen molar-refractivity contribution in [1.82, 2.24) is 9.97 Å². The molecule has 106 valence electrons. The summed E-state index contributed by atoms with van der Waals surface area (Å²) in [7, 11) is 0. The Kier molecular flexibility index (Phi) is 3.31. The first kappa shape index (κ1) is 13.2. The first-order valence-corrected chi connectivity index (χ1v) is 6.58. The number of rotatable bonds is 4. The van der Waals surface area contributed by atoms with E-state index in [9.17, 15) is 4.79 Å². The van der Waals surface area contributed by atoms with Gasteiger partial charge in [-0.1, -0.05) is 30.3 Å². The highest BCUT2D eigenvalue weighted by atomic mass is 16.5. The summed E-state index contributed by atoms with van der Waals surface area (Å²) in [5, 5.41) is 8.86. The van der Waals surface area contributed by atoms with Crippen LogP contribution >= 0.6 is 0 Å². The molecule has 0 aliphatic heterocycles. The topological polar surface area (TPSA) is 75.2 Å². The molecule has 0 aliphatic carbocycles. The van der Waals surface area contributed by atoms with Gasteiger partial charge < -0.3 is 14.8 Å². The first-order chi connectivity index (χ1) is 10.1. The van der Waals surface area contributed by atoms with Gasteiger partial charge in [0.05, 0.1) is 11.0 Å². The van der Waals surface area contributed by atoms with Gasteiger partial charge in [0.1, 0.15) is 11.6 Å². The van der Waals surface area contributed by atoms with Crippen LogP contribution in [0, 0.1) is 0 Å². The molecule has 2 aromatic carbocycles. The second-order valence-electron chi connectivity index (χ2n) is 4.73. The Labute approximate surface area is 121 Å². The van der Waals surface area contributed by atoms with Crippen LogP contribution in [0.3, 0.4) is 0 Å². The third kappa shape index (κ3) is 2.72. The lowest BCUT2D eigenvalue weighted by Gasteiger charge is -2.09. The third-order valence-electron chi connectivity index (χ3n) is 3.16. The van der Waals surface area contributed by atoms with Gasteiger partial charge in [-0.05, 0) is 19.1 Å². The Morgan fingerprint density at radius 1 is 1.24 bits per heavy atom. The molecule has 5 heteroatoms. The van der Waals surface area contributed by atoms with E-state index in [-0.39, 0.29) is 0 Å². The van der Waals surface area contributed by atoms with Gasteiger partial charge in [0.15, 0.2) is 6.10 Å². The molecule has 0 bridgehead atoms. The van der Waals surface area contributed by atoms with E-state index >= 15 is 0 Å². The maximum absolute atomic E-state index is 10.8. The van der Waals surface area contributed by atoms with E-state index < -0.39 is 12.1 Å². The van der Waals surface area contributed by atoms with Gasteiger partial charge in [-0.25, -0.2) is 9.78 Å². The van der Waals surface area contributed by atoms with E-state index in [1.807, 2.05) is 36.4 Å². The Bertz CT molecular complexity index is 781. The van der Waals surface area contributed by atoms with Crippen molar-refractivity contribution in [3.05, 3.63) is 48.5 Å². The number of carbonyl (C=O) groups is 1. The predicted molar refractivity (Wildman–Crippen MR) is 79.3 cm³/mol. The second kappa shape index (κ2) is 5.28. The fourth-order valence-corrected chi connectivity index (χ4v) is 2.05. The number of H-pyrrole nitrogens is 1. The number of hydrogen-bond acceptors (Lipinski definition) is 3. The summed E-state index contributed by atoms with van der Waals surface area (Å²) in [6.07, 6.45) is -0.890. The third-order valence-corrected chi connectivity index (χ3v) is 3.16. The number of benzene rings is 2. The molecule has 3 aromatic rings. The summed E-state index contributed by atoms with van der Waals surface area (Å²) in [6, 6.07) is 15.1. The van der Waals surface area contributed by atoms with Crippen LogP contribution in [-0.2, 0) is 4.79 Å². The van der Waals surface area contributed by atoms with Crippen LogP contribution in [0.4, 0.5) is 0 Å². The number of aromatic amines is 1. The number of hydrogen-bond donors (Lipinski definition) is 2. The largest absolute Gasteiger partial charge is 0.479 e. The summed E-state index contributed by atoms with van der Waals surface area (Å²) in [4.78, 5) is 18.5. The van der Waals surface area contributed by atoms with Crippen molar-refractivity contribution in [2.24, 2.45) is 0 Å². The lowest BCUT2D eigenvalue weighted by molar-refractivity contribution is -0.144. The molecule has 0 fully saturated rings. The Hall–Kier alpha value is -2.82. The SMILES string of the molecule is CC(Oc1ccc2nc(-c3ccccc3)[nH]c2c1)C(=O)O. The average molecular weight is 282 g/mol. The van der Waals surface area contributed by atoms with Crippen molar-refractivity contribution in [3.8, 4) is 17.1 Å². The number of aromatic nitrogens is 2. The van der Waals surface area contributed by atoms with E-state index in [1.165, 1.54) is 6.92 Å². The normalized spacial score (nSPS) is 12.2. The zero-order valence-corrected chi connectivity index (χ0v) is 11.4. The van der Waals surface area contributed by atoms with Gasteiger partial charge in [-0.3, -0.25) is 0 Å². The van der Waals surface area contributed by atoms with Crippen LogP contribution < -0.4 is 4.74 Å². The fraction of sp³-hybridized carbons (Fsp3) is 0.125. The quantitative estimate of drug-likeness (QED) is 0.771. The van der Waals surface area contributed by atoms with Gasteiger partial charge in [0.2, 0.25) is 0 Å². The molecule has 2 N–H and O–H groups in total. The zero-order valence-electron chi connectivity index (χ0n) is 11.4. The molecule has 0 saturated carbocycles. The van der Waals surface area contributed by atoms with Crippen molar-refractivity contribution in [1.29, 1.82) is 0 Å². The summed E-state index contributed by atoms with van der Waals surface area (Å²) in [5.74, 6) is 0.277. The first-order valence-electron chi connectivity index (χ1n) is 6.58. The highest BCUT2D eigenvalue weighted by molar-refractivity contribution is 5.81. The molecule has 1 aromatic heterocycles. The molecular weight excluding hydrogens is 268 g/mol. The zero-order chi connectivity index (χ0) is 14.8. The maximum Gasteiger partial charge on any atom is 0.344 e. The summed E-state index contributed by atoms with van der Waals surface area (Å²) >= 11 is 0. The summed E-state index contributed by atoms with van der Waals surface area (Å²) < 4.78 is 5.35. The van der Waals surface area contributed by atoms with Crippen LogP contribution in [-0.4, -0.2) is 27.1 Å². The molecule has 1 heterocycles.